The number of nitrogens with one attached hydrogen (secondary N) is 2. The maximum absolute atomic E-state index is 11.8. The van der Waals surface area contributed by atoms with Crippen molar-refractivity contribution < 1.29 is 14.3 Å². The zero-order valence-corrected chi connectivity index (χ0v) is 15.6. The van der Waals surface area contributed by atoms with Gasteiger partial charge in [-0.15, -0.1) is 0 Å². The van der Waals surface area contributed by atoms with Crippen molar-refractivity contribution in [3.05, 3.63) is 29.8 Å². The predicted molar refractivity (Wildman–Crippen MR) is 98.7 cm³/mol. The zero-order valence-electron chi connectivity index (χ0n) is 15.6. The molecule has 0 heterocycles. The van der Waals surface area contributed by atoms with Gasteiger partial charge in [0, 0.05) is 19.2 Å². The molecule has 0 aliphatic heterocycles. The second-order valence-corrected chi connectivity index (χ2v) is 7.23. The number of guanidine groups is 1. The van der Waals surface area contributed by atoms with Gasteiger partial charge in [0.25, 0.3) is 0 Å². The van der Waals surface area contributed by atoms with E-state index in [2.05, 4.69) is 15.6 Å². The van der Waals surface area contributed by atoms with Gasteiger partial charge in [0.05, 0.1) is 6.61 Å². The van der Waals surface area contributed by atoms with E-state index in [0.717, 1.165) is 17.9 Å². The summed E-state index contributed by atoms with van der Waals surface area (Å²) in [4.78, 5) is 15.9. The Kier molecular flexibility index (Phi) is 6.67. The summed E-state index contributed by atoms with van der Waals surface area (Å²) in [6.45, 7) is 6.94. The molecule has 0 atom stereocenters. The van der Waals surface area contributed by atoms with Crippen LogP contribution < -0.4 is 15.4 Å². The number of carbonyl (C=O) groups excluding carboxylic acids is 1. The van der Waals surface area contributed by atoms with Crippen LogP contribution in [0.4, 0.5) is 0 Å². The SMILES string of the molecule is CN=C(NCC(=O)OC(C)(C)C)NCc1ccccc1OCC1CC1. The number of rotatable bonds is 7. The molecule has 0 radical (unpaired) electrons. The quantitative estimate of drug-likeness (QED) is 0.450. The van der Waals surface area contributed by atoms with Gasteiger partial charge in [-0.2, -0.15) is 0 Å². The van der Waals surface area contributed by atoms with Crippen LogP contribution in [0, 0.1) is 5.92 Å². The average Bonchev–Trinajstić information content (AvgIpc) is 3.36. The van der Waals surface area contributed by atoms with Gasteiger partial charge in [0.2, 0.25) is 0 Å². The Bertz CT molecular complexity index is 604. The molecule has 0 aromatic heterocycles. The number of hydrogen-bond acceptors (Lipinski definition) is 4. The van der Waals surface area contributed by atoms with Crippen LogP contribution in [-0.2, 0) is 16.1 Å². The van der Waals surface area contributed by atoms with Crippen molar-refractivity contribution in [2.45, 2.75) is 45.8 Å². The van der Waals surface area contributed by atoms with Gasteiger partial charge in [-0.3, -0.25) is 9.79 Å². The number of nitrogens with zero attached hydrogens (tertiary/aromatic N) is 1. The molecule has 0 amide bonds. The smallest absolute Gasteiger partial charge is 0.325 e. The summed E-state index contributed by atoms with van der Waals surface area (Å²) >= 11 is 0. The highest BCUT2D eigenvalue weighted by atomic mass is 16.6. The number of esters is 1. The Morgan fingerprint density at radius 3 is 2.60 bits per heavy atom. The molecule has 0 unspecified atom stereocenters. The van der Waals surface area contributed by atoms with E-state index < -0.39 is 5.60 Å². The number of para-hydroxylation sites is 1. The molecule has 1 saturated carbocycles. The summed E-state index contributed by atoms with van der Waals surface area (Å²) in [5.74, 6) is 1.83. The van der Waals surface area contributed by atoms with E-state index in [1.165, 1.54) is 12.8 Å². The lowest BCUT2D eigenvalue weighted by Crippen LogP contribution is -2.41. The third-order valence-corrected chi connectivity index (χ3v) is 3.63. The van der Waals surface area contributed by atoms with Gasteiger partial charge in [-0.05, 0) is 45.6 Å². The lowest BCUT2D eigenvalue weighted by Gasteiger charge is -2.20. The van der Waals surface area contributed by atoms with Crippen LogP contribution >= 0.6 is 0 Å². The lowest BCUT2D eigenvalue weighted by molar-refractivity contribution is -0.153. The summed E-state index contributed by atoms with van der Waals surface area (Å²) in [5.41, 5.74) is 0.566. The Morgan fingerprint density at radius 2 is 1.96 bits per heavy atom. The van der Waals surface area contributed by atoms with Gasteiger partial charge >= 0.3 is 5.97 Å². The van der Waals surface area contributed by atoms with Crippen molar-refractivity contribution in [1.29, 1.82) is 0 Å². The molecule has 25 heavy (non-hydrogen) atoms. The molecule has 0 saturated heterocycles. The fourth-order valence-electron chi connectivity index (χ4n) is 2.22. The second kappa shape index (κ2) is 8.74. The molecule has 6 heteroatoms. The molecule has 138 valence electrons. The molecule has 6 nitrogen and oxygen atoms in total. The number of ether oxygens (including phenoxy) is 2. The van der Waals surface area contributed by atoms with Crippen LogP contribution in [0.1, 0.15) is 39.2 Å². The second-order valence-electron chi connectivity index (χ2n) is 7.23. The molecule has 2 rings (SSSR count). The Hall–Kier alpha value is -2.24. The van der Waals surface area contributed by atoms with Crippen molar-refractivity contribution in [2.24, 2.45) is 10.9 Å². The van der Waals surface area contributed by atoms with E-state index in [0.29, 0.717) is 18.4 Å². The molecule has 0 spiro atoms. The van der Waals surface area contributed by atoms with Crippen LogP contribution in [0.3, 0.4) is 0 Å². The standard InChI is InChI=1S/C19H29N3O3/c1-19(2,3)25-17(23)12-22-18(20-4)21-11-15-7-5-6-8-16(15)24-13-14-9-10-14/h5-8,14H,9-13H2,1-4H3,(H2,20,21,22). The number of benzene rings is 1. The van der Waals surface area contributed by atoms with Gasteiger partial charge in [-0.25, -0.2) is 0 Å². The van der Waals surface area contributed by atoms with Crippen LogP contribution in [0.2, 0.25) is 0 Å². The van der Waals surface area contributed by atoms with Crippen molar-refractivity contribution >= 4 is 11.9 Å². The van der Waals surface area contributed by atoms with Crippen molar-refractivity contribution in [2.75, 3.05) is 20.2 Å². The van der Waals surface area contributed by atoms with Crippen molar-refractivity contribution in [3.8, 4) is 5.75 Å². The Morgan fingerprint density at radius 1 is 1.24 bits per heavy atom. The van der Waals surface area contributed by atoms with Crippen LogP contribution in [0.15, 0.2) is 29.3 Å². The predicted octanol–water partition coefficient (Wildman–Crippen LogP) is 2.48. The van der Waals surface area contributed by atoms with Crippen molar-refractivity contribution in [3.63, 3.8) is 0 Å². The summed E-state index contributed by atoms with van der Waals surface area (Å²) < 4.78 is 11.2. The van der Waals surface area contributed by atoms with E-state index in [1.807, 2.05) is 45.0 Å². The first-order chi connectivity index (χ1) is 11.9. The Balaban J connectivity index is 1.81. The largest absolute Gasteiger partial charge is 0.493 e. The summed E-state index contributed by atoms with van der Waals surface area (Å²) in [6, 6.07) is 7.96. The number of carbonyl (C=O) groups is 1. The first-order valence-electron chi connectivity index (χ1n) is 8.74. The molecule has 1 aromatic carbocycles. The third-order valence-electron chi connectivity index (χ3n) is 3.63. The van der Waals surface area contributed by atoms with Crippen LogP contribution in [0.5, 0.6) is 5.75 Å². The highest BCUT2D eigenvalue weighted by molar-refractivity contribution is 5.84. The van der Waals surface area contributed by atoms with Gasteiger partial charge in [-0.1, -0.05) is 18.2 Å². The van der Waals surface area contributed by atoms with Crippen LogP contribution in [-0.4, -0.2) is 37.7 Å². The molecular formula is C19H29N3O3. The zero-order chi connectivity index (χ0) is 18.3. The minimum Gasteiger partial charge on any atom is -0.493 e. The maximum atomic E-state index is 11.8. The van der Waals surface area contributed by atoms with E-state index >= 15 is 0 Å². The monoisotopic (exact) mass is 347 g/mol. The van der Waals surface area contributed by atoms with Gasteiger partial charge < -0.3 is 20.1 Å². The Labute approximate surface area is 150 Å². The molecule has 1 aliphatic carbocycles. The molecule has 1 fully saturated rings. The van der Waals surface area contributed by atoms with E-state index in [-0.39, 0.29) is 12.5 Å². The van der Waals surface area contributed by atoms with E-state index in [9.17, 15) is 4.79 Å². The topological polar surface area (TPSA) is 72.0 Å². The third kappa shape index (κ3) is 7.45. The number of hydrogen-bond donors (Lipinski definition) is 2. The average molecular weight is 347 g/mol. The van der Waals surface area contributed by atoms with Gasteiger partial charge in [0.1, 0.15) is 17.9 Å². The van der Waals surface area contributed by atoms with Gasteiger partial charge in [0.15, 0.2) is 5.96 Å². The van der Waals surface area contributed by atoms with Crippen molar-refractivity contribution in [1.82, 2.24) is 10.6 Å². The molecule has 1 aliphatic rings. The van der Waals surface area contributed by atoms with Crippen LogP contribution in [0.25, 0.3) is 0 Å². The first kappa shape index (κ1) is 19.1. The fourth-order valence-corrected chi connectivity index (χ4v) is 2.22. The van der Waals surface area contributed by atoms with E-state index in [4.69, 9.17) is 9.47 Å². The summed E-state index contributed by atoms with van der Waals surface area (Å²) in [7, 11) is 1.67. The lowest BCUT2D eigenvalue weighted by atomic mass is 10.2. The minimum absolute atomic E-state index is 0.0662. The fraction of sp³-hybridized carbons (Fsp3) is 0.579. The maximum Gasteiger partial charge on any atom is 0.325 e. The molecule has 0 bridgehead atoms. The number of aliphatic imine (C=N–C) groups is 1. The minimum atomic E-state index is -0.493. The highest BCUT2D eigenvalue weighted by Crippen LogP contribution is 2.30. The first-order valence-corrected chi connectivity index (χ1v) is 8.74. The normalized spacial score (nSPS) is 14.8. The summed E-state index contributed by atoms with van der Waals surface area (Å²) in [5, 5.41) is 6.16. The molecule has 1 aromatic rings. The van der Waals surface area contributed by atoms with E-state index in [1.54, 1.807) is 7.05 Å². The molecule has 2 N–H and O–H groups in total. The summed E-state index contributed by atoms with van der Waals surface area (Å²) in [6.07, 6.45) is 2.53. The highest BCUT2D eigenvalue weighted by Gasteiger charge is 2.22. The molecular weight excluding hydrogens is 318 g/mol.